The number of nitrogens with two attached hydrogens (primary N) is 1. The Labute approximate surface area is 107 Å². The first kappa shape index (κ1) is 14.4. The number of halogens is 3. The minimum Gasteiger partial charge on any atom is -0.478 e. The Kier molecular flexibility index (Phi) is 5.06. The second-order valence-corrected chi connectivity index (χ2v) is 3.65. The monoisotopic (exact) mass is 277 g/mol. The molecule has 0 aromatic heterocycles. The van der Waals surface area contributed by atoms with E-state index in [-0.39, 0.29) is 22.9 Å². The van der Waals surface area contributed by atoms with Crippen molar-refractivity contribution in [3.8, 4) is 5.75 Å². The van der Waals surface area contributed by atoms with Crippen LogP contribution in [-0.2, 0) is 4.79 Å². The van der Waals surface area contributed by atoms with E-state index in [0.717, 1.165) is 0 Å². The molecule has 1 aromatic rings. The van der Waals surface area contributed by atoms with Gasteiger partial charge in [-0.2, -0.15) is 8.78 Å². The third-order valence-corrected chi connectivity index (χ3v) is 2.30. The Morgan fingerprint density at radius 2 is 2.22 bits per heavy atom. The topological polar surface area (TPSA) is 72.5 Å². The van der Waals surface area contributed by atoms with Crippen molar-refractivity contribution in [1.29, 1.82) is 0 Å². The van der Waals surface area contributed by atoms with Crippen LogP contribution in [0.3, 0.4) is 0 Å². The normalized spacial score (nSPS) is 11.7. The molecule has 0 aliphatic carbocycles. The highest BCUT2D eigenvalue weighted by molar-refractivity contribution is 6.32. The van der Waals surface area contributed by atoms with Crippen LogP contribution in [-0.4, -0.2) is 24.2 Å². The number of hydrogen-bond acceptors (Lipinski definition) is 3. The summed E-state index contributed by atoms with van der Waals surface area (Å²) in [5.41, 5.74) is 5.66. The molecule has 3 N–H and O–H groups in total. The lowest BCUT2D eigenvalue weighted by Crippen LogP contribution is -2.11. The van der Waals surface area contributed by atoms with E-state index in [2.05, 4.69) is 4.74 Å². The minimum absolute atomic E-state index is 0.0198. The molecule has 0 saturated heterocycles. The second kappa shape index (κ2) is 6.32. The largest absolute Gasteiger partial charge is 0.478 e. The van der Waals surface area contributed by atoms with Crippen LogP contribution < -0.4 is 10.5 Å². The van der Waals surface area contributed by atoms with Gasteiger partial charge in [-0.15, -0.1) is 0 Å². The van der Waals surface area contributed by atoms with Gasteiger partial charge in [0.05, 0.1) is 10.6 Å². The lowest BCUT2D eigenvalue weighted by atomic mass is 10.1. The van der Waals surface area contributed by atoms with Crippen LogP contribution in [0.1, 0.15) is 5.56 Å². The number of ether oxygens (including phenoxy) is 1. The Bertz CT molecular complexity index is 477. The fourth-order valence-electron chi connectivity index (χ4n) is 1.21. The van der Waals surface area contributed by atoms with Crippen molar-refractivity contribution >= 4 is 23.6 Å². The number of aliphatic carboxylic acids is 1. The summed E-state index contributed by atoms with van der Waals surface area (Å²) in [5.74, 6) is -1.32. The predicted molar refractivity (Wildman–Crippen MR) is 62.8 cm³/mol. The van der Waals surface area contributed by atoms with Gasteiger partial charge in [-0.1, -0.05) is 17.7 Å². The maximum Gasteiger partial charge on any atom is 0.387 e. The van der Waals surface area contributed by atoms with Crippen molar-refractivity contribution < 1.29 is 23.4 Å². The SMILES string of the molecule is NC/C(=C/c1ccc(OC(F)F)c(Cl)c1)C(=O)O. The zero-order valence-electron chi connectivity index (χ0n) is 9.07. The highest BCUT2D eigenvalue weighted by Crippen LogP contribution is 2.27. The van der Waals surface area contributed by atoms with Crippen molar-refractivity contribution in [3.63, 3.8) is 0 Å². The fraction of sp³-hybridized carbons (Fsp3) is 0.182. The van der Waals surface area contributed by atoms with Gasteiger partial charge in [0.25, 0.3) is 0 Å². The Morgan fingerprint density at radius 1 is 1.56 bits per heavy atom. The number of rotatable bonds is 5. The van der Waals surface area contributed by atoms with Gasteiger partial charge < -0.3 is 15.6 Å². The molecule has 0 atom stereocenters. The first-order chi connectivity index (χ1) is 8.43. The lowest BCUT2D eigenvalue weighted by Gasteiger charge is -2.07. The summed E-state index contributed by atoms with van der Waals surface area (Å²) in [7, 11) is 0. The van der Waals surface area contributed by atoms with Gasteiger partial charge >= 0.3 is 12.6 Å². The second-order valence-electron chi connectivity index (χ2n) is 3.25. The zero-order valence-corrected chi connectivity index (χ0v) is 9.82. The fourth-order valence-corrected chi connectivity index (χ4v) is 1.44. The molecule has 7 heteroatoms. The number of hydrogen-bond donors (Lipinski definition) is 2. The first-order valence-corrected chi connectivity index (χ1v) is 5.20. The van der Waals surface area contributed by atoms with E-state index < -0.39 is 12.6 Å². The summed E-state index contributed by atoms with van der Waals surface area (Å²) in [5, 5.41) is 8.74. The van der Waals surface area contributed by atoms with Gasteiger partial charge in [-0.3, -0.25) is 0 Å². The summed E-state index contributed by atoms with van der Waals surface area (Å²) in [6.07, 6.45) is 1.31. The van der Waals surface area contributed by atoms with E-state index >= 15 is 0 Å². The van der Waals surface area contributed by atoms with E-state index in [4.69, 9.17) is 22.4 Å². The third-order valence-electron chi connectivity index (χ3n) is 2.01. The predicted octanol–water partition coefficient (Wildman–Crippen LogP) is 2.37. The zero-order chi connectivity index (χ0) is 13.7. The Hall–Kier alpha value is -1.66. The molecule has 0 aliphatic rings. The van der Waals surface area contributed by atoms with Crippen molar-refractivity contribution in [2.24, 2.45) is 5.73 Å². The summed E-state index contributed by atoms with van der Waals surface area (Å²) in [4.78, 5) is 10.7. The van der Waals surface area contributed by atoms with Crippen LogP contribution in [0.25, 0.3) is 6.08 Å². The lowest BCUT2D eigenvalue weighted by molar-refractivity contribution is -0.132. The Morgan fingerprint density at radius 3 is 2.67 bits per heavy atom. The highest BCUT2D eigenvalue weighted by Gasteiger charge is 2.10. The number of alkyl halides is 2. The molecule has 0 unspecified atom stereocenters. The van der Waals surface area contributed by atoms with Gasteiger partial charge in [-0.25, -0.2) is 4.79 Å². The molecule has 1 rings (SSSR count). The highest BCUT2D eigenvalue weighted by atomic mass is 35.5. The molecule has 98 valence electrons. The van der Waals surface area contributed by atoms with Crippen LogP contribution >= 0.6 is 11.6 Å². The number of carboxylic acids is 1. The number of carbonyl (C=O) groups is 1. The summed E-state index contributed by atoms with van der Waals surface area (Å²) < 4.78 is 28.1. The van der Waals surface area contributed by atoms with Crippen LogP contribution in [0.15, 0.2) is 23.8 Å². The summed E-state index contributed by atoms with van der Waals surface area (Å²) in [6, 6.07) is 3.95. The molecule has 0 fully saturated rings. The van der Waals surface area contributed by atoms with E-state index in [0.29, 0.717) is 5.56 Å². The molecule has 0 spiro atoms. The molecule has 0 heterocycles. The molecular weight excluding hydrogens is 268 g/mol. The van der Waals surface area contributed by atoms with Gasteiger partial charge in [0, 0.05) is 6.54 Å². The standard InChI is InChI=1S/C11H10ClF2NO3/c12-8-4-6(3-7(5-15)10(16)17)1-2-9(8)18-11(13)14/h1-4,11H,5,15H2,(H,16,17)/b7-3-. The average molecular weight is 278 g/mol. The van der Waals surface area contributed by atoms with Crippen LogP contribution in [0.2, 0.25) is 5.02 Å². The number of benzene rings is 1. The average Bonchev–Trinajstić information content (AvgIpc) is 2.28. The summed E-state index contributed by atoms with van der Waals surface area (Å²) in [6.45, 7) is -3.12. The van der Waals surface area contributed by atoms with Gasteiger partial charge in [0.15, 0.2) is 0 Å². The van der Waals surface area contributed by atoms with Crippen LogP contribution in [0.5, 0.6) is 5.75 Å². The van der Waals surface area contributed by atoms with E-state index in [9.17, 15) is 13.6 Å². The van der Waals surface area contributed by atoms with Gasteiger partial charge in [-0.05, 0) is 23.8 Å². The Balaban J connectivity index is 3.00. The van der Waals surface area contributed by atoms with Crippen molar-refractivity contribution in [3.05, 3.63) is 34.4 Å². The van der Waals surface area contributed by atoms with Gasteiger partial charge in [0.1, 0.15) is 5.75 Å². The maximum atomic E-state index is 12.0. The summed E-state index contributed by atoms with van der Waals surface area (Å²) >= 11 is 5.71. The minimum atomic E-state index is -2.97. The van der Waals surface area contributed by atoms with E-state index in [1.165, 1.54) is 24.3 Å². The molecule has 1 aromatic carbocycles. The maximum absolute atomic E-state index is 12.0. The number of carboxylic acid groups (broad SMARTS) is 1. The van der Waals surface area contributed by atoms with E-state index in [1.54, 1.807) is 0 Å². The van der Waals surface area contributed by atoms with Crippen molar-refractivity contribution in [1.82, 2.24) is 0 Å². The van der Waals surface area contributed by atoms with Crippen molar-refractivity contribution in [2.45, 2.75) is 6.61 Å². The molecule has 0 radical (unpaired) electrons. The quantitative estimate of drug-likeness (QED) is 0.811. The smallest absolute Gasteiger partial charge is 0.387 e. The molecular formula is C11H10ClF2NO3. The molecule has 0 aliphatic heterocycles. The van der Waals surface area contributed by atoms with E-state index in [1.807, 2.05) is 0 Å². The third kappa shape index (κ3) is 3.97. The first-order valence-electron chi connectivity index (χ1n) is 4.82. The molecule has 18 heavy (non-hydrogen) atoms. The molecule has 0 bridgehead atoms. The molecule has 0 amide bonds. The van der Waals surface area contributed by atoms with Crippen molar-refractivity contribution in [2.75, 3.05) is 6.54 Å². The van der Waals surface area contributed by atoms with Crippen LogP contribution in [0.4, 0.5) is 8.78 Å². The van der Waals surface area contributed by atoms with Gasteiger partial charge in [0.2, 0.25) is 0 Å². The molecule has 0 saturated carbocycles. The van der Waals surface area contributed by atoms with Crippen LogP contribution in [0, 0.1) is 0 Å². The molecule has 4 nitrogen and oxygen atoms in total.